The number of Topliss-reactive ketones (excluding diaryl/α,β-unsaturated/α-hetero) is 1. The van der Waals surface area contributed by atoms with E-state index in [1.165, 1.54) is 12.0 Å². The molecule has 1 aliphatic rings. The van der Waals surface area contributed by atoms with Crippen LogP contribution < -0.4 is 0 Å². The molecule has 1 saturated carbocycles. The fourth-order valence-electron chi connectivity index (χ4n) is 2.15. The van der Waals surface area contributed by atoms with Gasteiger partial charge >= 0.3 is 0 Å². The van der Waals surface area contributed by atoms with E-state index in [2.05, 4.69) is 24.3 Å². The summed E-state index contributed by atoms with van der Waals surface area (Å²) in [5.41, 5.74) is 1.40. The molecule has 2 rings (SSSR count). The summed E-state index contributed by atoms with van der Waals surface area (Å²) < 4.78 is 0. The van der Waals surface area contributed by atoms with E-state index in [1.54, 1.807) is 0 Å². The van der Waals surface area contributed by atoms with Gasteiger partial charge in [-0.05, 0) is 30.7 Å². The van der Waals surface area contributed by atoms with Crippen molar-refractivity contribution in [1.29, 1.82) is 0 Å². The van der Waals surface area contributed by atoms with Crippen LogP contribution in [0, 0.1) is 5.92 Å². The van der Waals surface area contributed by atoms with Gasteiger partial charge in [-0.15, -0.1) is 0 Å². The van der Waals surface area contributed by atoms with Gasteiger partial charge in [0.2, 0.25) is 0 Å². The number of hydrogen-bond donors (Lipinski definition) is 0. The van der Waals surface area contributed by atoms with Crippen LogP contribution in [0.25, 0.3) is 0 Å². The van der Waals surface area contributed by atoms with Gasteiger partial charge in [0, 0.05) is 12.8 Å². The minimum atomic E-state index is 0.461. The van der Waals surface area contributed by atoms with Crippen LogP contribution in [0.3, 0.4) is 0 Å². The monoisotopic (exact) mass is 188 g/mol. The van der Waals surface area contributed by atoms with E-state index in [9.17, 15) is 4.79 Å². The normalized spacial score (nSPS) is 21.4. The largest absolute Gasteiger partial charge is 0.300 e. The second kappa shape index (κ2) is 4.41. The highest BCUT2D eigenvalue weighted by Crippen LogP contribution is 2.26. The standard InChI is InChI=1S/C13H16O/c14-13-9-8-12(10-13)7-6-11-4-2-1-3-5-11/h1-5,12H,6-10H2/t12-/m1/s1. The lowest BCUT2D eigenvalue weighted by Crippen LogP contribution is -1.97. The summed E-state index contributed by atoms with van der Waals surface area (Å²) in [5.74, 6) is 1.12. The molecule has 0 amide bonds. The Morgan fingerprint density at radius 1 is 1.21 bits per heavy atom. The molecule has 1 heteroatoms. The van der Waals surface area contributed by atoms with Gasteiger partial charge in [0.05, 0.1) is 0 Å². The molecule has 74 valence electrons. The summed E-state index contributed by atoms with van der Waals surface area (Å²) in [6, 6.07) is 10.5. The Morgan fingerprint density at radius 3 is 2.64 bits per heavy atom. The Hall–Kier alpha value is -1.11. The van der Waals surface area contributed by atoms with Crippen LogP contribution in [0.2, 0.25) is 0 Å². The summed E-state index contributed by atoms with van der Waals surface area (Å²) in [5, 5.41) is 0. The van der Waals surface area contributed by atoms with Crippen molar-refractivity contribution in [3.63, 3.8) is 0 Å². The van der Waals surface area contributed by atoms with Crippen molar-refractivity contribution in [3.8, 4) is 0 Å². The summed E-state index contributed by atoms with van der Waals surface area (Å²) in [6.45, 7) is 0. The Balaban J connectivity index is 1.80. The van der Waals surface area contributed by atoms with E-state index >= 15 is 0 Å². The van der Waals surface area contributed by atoms with Crippen LogP contribution in [0.5, 0.6) is 0 Å². The molecule has 0 saturated heterocycles. The van der Waals surface area contributed by atoms with Crippen LogP contribution >= 0.6 is 0 Å². The molecule has 1 aromatic carbocycles. The van der Waals surface area contributed by atoms with Gasteiger partial charge in [0.25, 0.3) is 0 Å². The van der Waals surface area contributed by atoms with Gasteiger partial charge in [-0.3, -0.25) is 4.79 Å². The Bertz CT molecular complexity index is 302. The van der Waals surface area contributed by atoms with Gasteiger partial charge in [0.1, 0.15) is 5.78 Å². The number of aryl methyl sites for hydroxylation is 1. The topological polar surface area (TPSA) is 17.1 Å². The average molecular weight is 188 g/mol. The lowest BCUT2D eigenvalue weighted by atomic mass is 9.98. The molecule has 1 aromatic rings. The highest BCUT2D eigenvalue weighted by molar-refractivity contribution is 5.80. The molecule has 14 heavy (non-hydrogen) atoms. The van der Waals surface area contributed by atoms with E-state index in [0.717, 1.165) is 25.7 Å². The number of hydrogen-bond acceptors (Lipinski definition) is 1. The lowest BCUT2D eigenvalue weighted by molar-refractivity contribution is -0.117. The quantitative estimate of drug-likeness (QED) is 0.712. The van der Waals surface area contributed by atoms with E-state index in [0.29, 0.717) is 11.7 Å². The molecule has 1 fully saturated rings. The molecular formula is C13H16O. The zero-order valence-corrected chi connectivity index (χ0v) is 8.41. The summed E-state index contributed by atoms with van der Waals surface area (Å²) >= 11 is 0. The summed E-state index contributed by atoms with van der Waals surface area (Å²) in [7, 11) is 0. The minimum Gasteiger partial charge on any atom is -0.300 e. The molecular weight excluding hydrogens is 172 g/mol. The molecule has 0 bridgehead atoms. The van der Waals surface area contributed by atoms with Crippen molar-refractivity contribution in [3.05, 3.63) is 35.9 Å². The van der Waals surface area contributed by atoms with Crippen molar-refractivity contribution in [1.82, 2.24) is 0 Å². The van der Waals surface area contributed by atoms with Gasteiger partial charge in [-0.1, -0.05) is 30.3 Å². The number of carbonyl (C=O) groups excluding carboxylic acids is 1. The number of benzene rings is 1. The van der Waals surface area contributed by atoms with Crippen LogP contribution in [-0.2, 0) is 11.2 Å². The first kappa shape index (κ1) is 9.45. The third kappa shape index (κ3) is 2.44. The first-order valence-corrected chi connectivity index (χ1v) is 5.40. The third-order valence-corrected chi connectivity index (χ3v) is 3.03. The van der Waals surface area contributed by atoms with Gasteiger partial charge in [-0.25, -0.2) is 0 Å². The second-order valence-electron chi connectivity index (χ2n) is 4.17. The zero-order valence-electron chi connectivity index (χ0n) is 8.41. The van der Waals surface area contributed by atoms with Gasteiger partial charge < -0.3 is 0 Å². The second-order valence-corrected chi connectivity index (χ2v) is 4.17. The molecule has 1 aliphatic carbocycles. The molecule has 1 nitrogen and oxygen atoms in total. The van der Waals surface area contributed by atoms with Crippen molar-refractivity contribution in [2.24, 2.45) is 5.92 Å². The fraction of sp³-hybridized carbons (Fsp3) is 0.462. The van der Waals surface area contributed by atoms with E-state index < -0.39 is 0 Å². The molecule has 0 spiro atoms. The predicted molar refractivity (Wildman–Crippen MR) is 57.1 cm³/mol. The van der Waals surface area contributed by atoms with Crippen LogP contribution in [0.15, 0.2) is 30.3 Å². The van der Waals surface area contributed by atoms with E-state index in [4.69, 9.17) is 0 Å². The van der Waals surface area contributed by atoms with Crippen LogP contribution in [0.1, 0.15) is 31.2 Å². The van der Waals surface area contributed by atoms with Crippen molar-refractivity contribution in [2.45, 2.75) is 32.1 Å². The fourth-order valence-corrected chi connectivity index (χ4v) is 2.15. The summed E-state index contributed by atoms with van der Waals surface area (Å²) in [4.78, 5) is 11.1. The molecule has 1 atom stereocenters. The van der Waals surface area contributed by atoms with Crippen molar-refractivity contribution in [2.75, 3.05) is 0 Å². The van der Waals surface area contributed by atoms with Crippen molar-refractivity contribution >= 4 is 5.78 Å². The molecule has 0 aliphatic heterocycles. The lowest BCUT2D eigenvalue weighted by Gasteiger charge is -2.06. The maximum atomic E-state index is 11.1. The van der Waals surface area contributed by atoms with E-state index in [-0.39, 0.29) is 0 Å². The SMILES string of the molecule is O=C1CC[C@@H](CCc2ccccc2)C1. The predicted octanol–water partition coefficient (Wildman–Crippen LogP) is 2.99. The molecule has 0 heterocycles. The van der Waals surface area contributed by atoms with Crippen LogP contribution in [0.4, 0.5) is 0 Å². The smallest absolute Gasteiger partial charge is 0.133 e. The third-order valence-electron chi connectivity index (χ3n) is 3.03. The molecule has 0 radical (unpaired) electrons. The average Bonchev–Trinajstić information content (AvgIpc) is 2.63. The van der Waals surface area contributed by atoms with E-state index in [1.807, 2.05) is 6.07 Å². The maximum absolute atomic E-state index is 11.1. The minimum absolute atomic E-state index is 0.461. The highest BCUT2D eigenvalue weighted by atomic mass is 16.1. The Morgan fingerprint density at radius 2 is 2.00 bits per heavy atom. The first-order chi connectivity index (χ1) is 6.84. The van der Waals surface area contributed by atoms with Gasteiger partial charge in [0.15, 0.2) is 0 Å². The molecule has 0 N–H and O–H groups in total. The Kier molecular flexibility index (Phi) is 2.97. The number of carbonyl (C=O) groups is 1. The van der Waals surface area contributed by atoms with Gasteiger partial charge in [-0.2, -0.15) is 0 Å². The summed E-state index contributed by atoms with van der Waals surface area (Å²) in [6.07, 6.45) is 5.06. The van der Waals surface area contributed by atoms with Crippen LogP contribution in [-0.4, -0.2) is 5.78 Å². The van der Waals surface area contributed by atoms with Crippen molar-refractivity contribution < 1.29 is 4.79 Å². The highest BCUT2D eigenvalue weighted by Gasteiger charge is 2.21. The maximum Gasteiger partial charge on any atom is 0.133 e. The number of ketones is 1. The zero-order chi connectivity index (χ0) is 9.80. The Labute approximate surface area is 85.1 Å². The first-order valence-electron chi connectivity index (χ1n) is 5.40. The number of rotatable bonds is 3. The molecule has 0 aromatic heterocycles. The molecule has 0 unspecified atom stereocenters.